The molecule has 250 valence electrons. The van der Waals surface area contributed by atoms with Crippen LogP contribution >= 0.6 is 0 Å². The molecule has 1 saturated heterocycles. The van der Waals surface area contributed by atoms with Gasteiger partial charge < -0.3 is 40.1 Å². The predicted octanol–water partition coefficient (Wildman–Crippen LogP) is 3.86. The lowest BCUT2D eigenvalue weighted by atomic mass is 9.35. The number of hydrogen-bond donors (Lipinski definition) is 6. The first-order valence-corrected chi connectivity index (χ1v) is 17.1. The summed E-state index contributed by atoms with van der Waals surface area (Å²) < 4.78 is 12.3. The van der Waals surface area contributed by atoms with Crippen molar-refractivity contribution in [2.45, 2.75) is 143 Å². The second kappa shape index (κ2) is 10.6. The Labute approximate surface area is 263 Å². The lowest BCUT2D eigenvalue weighted by Crippen LogP contribution is -2.66. The molecule has 0 aromatic rings. The molecular formula is C36H58O8. The molecule has 0 amide bonds. The summed E-state index contributed by atoms with van der Waals surface area (Å²) in [5.74, 6) is 0.348. The number of aliphatic hydroxyl groups excluding tert-OH is 6. The fourth-order valence-electron chi connectivity index (χ4n) is 11.6. The number of aliphatic hydroxyl groups is 6. The second-order valence-electron chi connectivity index (χ2n) is 17.5. The maximum absolute atomic E-state index is 11.9. The van der Waals surface area contributed by atoms with E-state index in [9.17, 15) is 30.6 Å². The molecule has 0 aromatic carbocycles. The maximum Gasteiger partial charge on any atom is 0.186 e. The van der Waals surface area contributed by atoms with Gasteiger partial charge in [-0.3, -0.25) is 0 Å². The highest BCUT2D eigenvalue weighted by Crippen LogP contribution is 2.74. The molecule has 0 spiro atoms. The van der Waals surface area contributed by atoms with Crippen LogP contribution in [0, 0.1) is 44.3 Å². The summed E-state index contributed by atoms with van der Waals surface area (Å²) in [7, 11) is 0. The minimum atomic E-state index is -1.38. The number of ether oxygens (including phenoxy) is 2. The van der Waals surface area contributed by atoms with Crippen LogP contribution in [0.5, 0.6) is 0 Å². The first kappa shape index (κ1) is 33.1. The number of rotatable bonds is 4. The molecule has 44 heavy (non-hydrogen) atoms. The quantitative estimate of drug-likeness (QED) is 0.261. The zero-order chi connectivity index (χ0) is 32.3. The molecule has 0 unspecified atom stereocenters. The van der Waals surface area contributed by atoms with Crippen molar-refractivity contribution in [3.05, 3.63) is 23.3 Å². The minimum absolute atomic E-state index is 0.0165. The van der Waals surface area contributed by atoms with Gasteiger partial charge in [-0.2, -0.15) is 0 Å². The Morgan fingerprint density at radius 3 is 2.23 bits per heavy atom. The number of allylic oxidation sites excluding steroid dienone is 3. The van der Waals surface area contributed by atoms with Crippen molar-refractivity contribution < 1.29 is 40.1 Å². The topological polar surface area (TPSA) is 140 Å². The van der Waals surface area contributed by atoms with Gasteiger partial charge in [-0.05, 0) is 91.9 Å². The summed E-state index contributed by atoms with van der Waals surface area (Å²) >= 11 is 0. The van der Waals surface area contributed by atoms with Gasteiger partial charge in [0.15, 0.2) is 6.29 Å². The van der Waals surface area contributed by atoms with E-state index >= 15 is 0 Å². The van der Waals surface area contributed by atoms with Crippen LogP contribution in [-0.4, -0.2) is 86.8 Å². The summed E-state index contributed by atoms with van der Waals surface area (Å²) in [6.07, 6.45) is 4.77. The summed E-state index contributed by atoms with van der Waals surface area (Å²) in [5.41, 5.74) is 1.04. The molecule has 8 heteroatoms. The van der Waals surface area contributed by atoms with Gasteiger partial charge in [0.25, 0.3) is 0 Å². The van der Waals surface area contributed by atoms with Crippen molar-refractivity contribution in [1.82, 2.24) is 0 Å². The van der Waals surface area contributed by atoms with Crippen LogP contribution in [0.3, 0.4) is 0 Å². The third kappa shape index (κ3) is 4.31. The molecular weight excluding hydrogens is 560 g/mol. The highest BCUT2D eigenvalue weighted by Gasteiger charge is 2.69. The van der Waals surface area contributed by atoms with E-state index in [0.29, 0.717) is 12.8 Å². The standard InChI is InChI=1S/C36H58O8/c1-20-27(40)28(41)29(42)30(43-20)44-26-11-12-32(4)23(33(26,5)18-37)10-13-34(6)24(32)9-8-21-22-16-31(2,3)14-15-36(22,19-38)25(39)17-35(21,34)7/h8-9,20,23-30,37-42H,10-19H2,1-7H3/t20-,23-,24-,25+,26-,27+,28+,29-,30+,32+,33+,34-,35-,36-/m1/s1. The Balaban J connectivity index is 1.36. The van der Waals surface area contributed by atoms with Crippen LogP contribution in [-0.2, 0) is 9.47 Å². The van der Waals surface area contributed by atoms with Gasteiger partial charge >= 0.3 is 0 Å². The van der Waals surface area contributed by atoms with Crippen molar-refractivity contribution in [3.63, 3.8) is 0 Å². The smallest absolute Gasteiger partial charge is 0.186 e. The van der Waals surface area contributed by atoms with Gasteiger partial charge in [0.2, 0.25) is 0 Å². The summed E-state index contributed by atoms with van der Waals surface area (Å²) in [5, 5.41) is 65.0. The van der Waals surface area contributed by atoms with Crippen LogP contribution in [0.2, 0.25) is 0 Å². The molecule has 3 saturated carbocycles. The van der Waals surface area contributed by atoms with Crippen molar-refractivity contribution in [2.75, 3.05) is 13.2 Å². The number of hydrogen-bond acceptors (Lipinski definition) is 8. The first-order valence-electron chi connectivity index (χ1n) is 17.1. The molecule has 6 N–H and O–H groups in total. The third-order valence-electron chi connectivity index (χ3n) is 14.7. The zero-order valence-electron chi connectivity index (χ0n) is 27.9. The molecule has 14 atom stereocenters. The fourth-order valence-corrected chi connectivity index (χ4v) is 11.6. The largest absolute Gasteiger partial charge is 0.396 e. The Bertz CT molecular complexity index is 1200. The predicted molar refractivity (Wildman–Crippen MR) is 166 cm³/mol. The van der Waals surface area contributed by atoms with E-state index in [2.05, 4.69) is 53.7 Å². The van der Waals surface area contributed by atoms with Crippen LogP contribution < -0.4 is 0 Å². The summed E-state index contributed by atoms with van der Waals surface area (Å²) in [4.78, 5) is 0. The molecule has 5 aliphatic carbocycles. The van der Waals surface area contributed by atoms with Crippen LogP contribution in [0.25, 0.3) is 0 Å². The average molecular weight is 619 g/mol. The Morgan fingerprint density at radius 1 is 0.864 bits per heavy atom. The van der Waals surface area contributed by atoms with Crippen molar-refractivity contribution in [1.29, 1.82) is 0 Å². The summed E-state index contributed by atoms with van der Waals surface area (Å²) in [6.45, 7) is 15.4. The van der Waals surface area contributed by atoms with Gasteiger partial charge in [0.1, 0.15) is 18.3 Å². The Hall–Kier alpha value is -0.840. The maximum atomic E-state index is 11.9. The number of fused-ring (bicyclic) bond motifs is 6. The molecule has 6 rings (SSSR count). The highest BCUT2D eigenvalue weighted by atomic mass is 16.7. The van der Waals surface area contributed by atoms with E-state index in [0.717, 1.165) is 38.5 Å². The Morgan fingerprint density at radius 2 is 1.57 bits per heavy atom. The van der Waals surface area contributed by atoms with E-state index in [-0.39, 0.29) is 46.7 Å². The van der Waals surface area contributed by atoms with E-state index in [4.69, 9.17) is 9.47 Å². The van der Waals surface area contributed by atoms with Gasteiger partial charge in [-0.15, -0.1) is 0 Å². The normalized spacial score (nSPS) is 55.1. The van der Waals surface area contributed by atoms with Crippen LogP contribution in [0.15, 0.2) is 23.3 Å². The van der Waals surface area contributed by atoms with Gasteiger partial charge in [0, 0.05) is 16.2 Å². The van der Waals surface area contributed by atoms with E-state index in [1.165, 1.54) is 11.1 Å². The van der Waals surface area contributed by atoms with Crippen molar-refractivity contribution in [2.24, 2.45) is 44.3 Å². The Kier molecular flexibility index (Phi) is 7.95. The molecule has 1 heterocycles. The van der Waals surface area contributed by atoms with Gasteiger partial charge in [-0.1, -0.05) is 59.3 Å². The third-order valence-corrected chi connectivity index (χ3v) is 14.7. The molecule has 6 aliphatic rings. The SMILES string of the molecule is C[C@H]1O[C@@H](O[C@@H]2CC[C@@]3(C)[C@@H](CC[C@]4(C)[C@@H]3C=CC3=C5CC(C)(C)CC[C@]5(CO)[C@@H](O)C[C@]34C)[C@]2(C)CO)[C@H](O)[C@@H](O)[C@H]1O. The van der Waals surface area contributed by atoms with Crippen LogP contribution in [0.4, 0.5) is 0 Å². The van der Waals surface area contributed by atoms with Crippen LogP contribution in [0.1, 0.15) is 99.8 Å². The summed E-state index contributed by atoms with van der Waals surface area (Å²) in [6, 6.07) is 0. The molecule has 8 nitrogen and oxygen atoms in total. The average Bonchev–Trinajstić information content (AvgIpc) is 2.96. The molecule has 0 aromatic heterocycles. The van der Waals surface area contributed by atoms with Gasteiger partial charge in [-0.25, -0.2) is 0 Å². The minimum Gasteiger partial charge on any atom is -0.396 e. The molecule has 4 fully saturated rings. The monoisotopic (exact) mass is 618 g/mol. The highest BCUT2D eigenvalue weighted by molar-refractivity contribution is 5.47. The molecule has 0 bridgehead atoms. The first-order chi connectivity index (χ1) is 20.4. The van der Waals surface area contributed by atoms with Gasteiger partial charge in [0.05, 0.1) is 31.5 Å². The van der Waals surface area contributed by atoms with Crippen molar-refractivity contribution >= 4 is 0 Å². The van der Waals surface area contributed by atoms with E-state index < -0.39 is 53.7 Å². The molecule has 1 aliphatic heterocycles. The zero-order valence-corrected chi connectivity index (χ0v) is 27.9. The van der Waals surface area contributed by atoms with E-state index in [1.807, 2.05) is 0 Å². The van der Waals surface area contributed by atoms with E-state index in [1.54, 1.807) is 6.92 Å². The molecule has 0 radical (unpaired) electrons. The lowest BCUT2D eigenvalue weighted by Gasteiger charge is -2.70. The lowest BCUT2D eigenvalue weighted by molar-refractivity contribution is -0.327. The van der Waals surface area contributed by atoms with Crippen molar-refractivity contribution in [3.8, 4) is 0 Å². The fraction of sp³-hybridized carbons (Fsp3) is 0.889. The second-order valence-corrected chi connectivity index (χ2v) is 17.5.